The van der Waals surface area contributed by atoms with Gasteiger partial charge in [0.05, 0.1) is 23.8 Å². The van der Waals surface area contributed by atoms with Crippen molar-refractivity contribution in [2.24, 2.45) is 12.8 Å². The minimum Gasteiger partial charge on any atom is -0.423 e. The lowest BCUT2D eigenvalue weighted by atomic mass is 9.97. The molecule has 0 unspecified atom stereocenters. The lowest BCUT2D eigenvalue weighted by molar-refractivity contribution is 0.0995. The van der Waals surface area contributed by atoms with E-state index in [0.717, 1.165) is 17.5 Å². The zero-order chi connectivity index (χ0) is 21.5. The van der Waals surface area contributed by atoms with Gasteiger partial charge < -0.3 is 20.4 Å². The van der Waals surface area contributed by atoms with Crippen LogP contribution in [0, 0.1) is 0 Å². The molecule has 158 valence electrons. The topological polar surface area (TPSA) is 128 Å². The molecule has 0 aliphatic carbocycles. The molecule has 1 aliphatic rings. The SMILES string of the molecule is CCc1ccc2nc(N3CC(c4cnc(Nc5cnn(C)c5)c(C(N)=O)n4)C3)oc2c1. The summed E-state index contributed by atoms with van der Waals surface area (Å²) >= 11 is 0. The maximum absolute atomic E-state index is 12.0. The first-order valence-corrected chi connectivity index (χ1v) is 10.1. The van der Waals surface area contributed by atoms with Gasteiger partial charge in [0.1, 0.15) is 5.52 Å². The van der Waals surface area contributed by atoms with Crippen LogP contribution in [0.25, 0.3) is 11.1 Å². The number of aromatic nitrogens is 5. The number of amides is 1. The highest BCUT2D eigenvalue weighted by molar-refractivity contribution is 5.96. The summed E-state index contributed by atoms with van der Waals surface area (Å²) in [4.78, 5) is 27.5. The van der Waals surface area contributed by atoms with E-state index in [2.05, 4.69) is 38.4 Å². The van der Waals surface area contributed by atoms with E-state index in [0.29, 0.717) is 36.3 Å². The zero-order valence-corrected chi connectivity index (χ0v) is 17.2. The molecule has 5 rings (SSSR count). The van der Waals surface area contributed by atoms with E-state index in [1.54, 1.807) is 30.3 Å². The molecule has 10 nitrogen and oxygen atoms in total. The number of nitrogens with one attached hydrogen (secondary N) is 1. The van der Waals surface area contributed by atoms with Crippen LogP contribution in [-0.4, -0.2) is 43.7 Å². The maximum atomic E-state index is 12.0. The minimum absolute atomic E-state index is 0.105. The molecule has 10 heteroatoms. The van der Waals surface area contributed by atoms with Crippen LogP contribution >= 0.6 is 0 Å². The first-order chi connectivity index (χ1) is 15.0. The second-order valence-corrected chi connectivity index (χ2v) is 7.64. The number of hydrogen-bond donors (Lipinski definition) is 2. The number of oxazole rings is 1. The highest BCUT2D eigenvalue weighted by atomic mass is 16.4. The molecule has 3 aromatic heterocycles. The highest BCUT2D eigenvalue weighted by Crippen LogP contribution is 2.33. The molecule has 0 bridgehead atoms. The lowest BCUT2D eigenvalue weighted by Gasteiger charge is -2.37. The Balaban J connectivity index is 1.32. The quantitative estimate of drug-likeness (QED) is 0.488. The summed E-state index contributed by atoms with van der Waals surface area (Å²) < 4.78 is 7.58. The fourth-order valence-electron chi connectivity index (χ4n) is 3.62. The Hall–Kier alpha value is -3.95. The number of benzene rings is 1. The molecule has 0 atom stereocenters. The van der Waals surface area contributed by atoms with E-state index in [-0.39, 0.29) is 11.6 Å². The van der Waals surface area contributed by atoms with Gasteiger partial charge in [-0.2, -0.15) is 10.1 Å². The molecule has 0 radical (unpaired) electrons. The number of nitrogens with two attached hydrogens (primary N) is 1. The van der Waals surface area contributed by atoms with Gasteiger partial charge in [-0.05, 0) is 24.1 Å². The summed E-state index contributed by atoms with van der Waals surface area (Å²) in [6.45, 7) is 3.46. The van der Waals surface area contributed by atoms with Crippen LogP contribution in [0.15, 0.2) is 41.2 Å². The van der Waals surface area contributed by atoms with Gasteiger partial charge in [0.25, 0.3) is 11.9 Å². The van der Waals surface area contributed by atoms with E-state index in [1.807, 2.05) is 17.0 Å². The minimum atomic E-state index is -0.636. The number of carbonyl (C=O) groups excluding carboxylic acids is 1. The second-order valence-electron chi connectivity index (χ2n) is 7.64. The van der Waals surface area contributed by atoms with Gasteiger partial charge in [-0.25, -0.2) is 9.97 Å². The number of fused-ring (bicyclic) bond motifs is 1. The average Bonchev–Trinajstić information content (AvgIpc) is 3.32. The van der Waals surface area contributed by atoms with Crippen LogP contribution in [-0.2, 0) is 13.5 Å². The van der Waals surface area contributed by atoms with Crippen molar-refractivity contribution < 1.29 is 9.21 Å². The summed E-state index contributed by atoms with van der Waals surface area (Å²) in [5.74, 6) is -0.215. The van der Waals surface area contributed by atoms with E-state index in [4.69, 9.17) is 10.2 Å². The van der Waals surface area contributed by atoms with Crippen LogP contribution in [0.1, 0.15) is 34.6 Å². The summed E-state index contributed by atoms with van der Waals surface area (Å²) in [6.07, 6.45) is 6.03. The van der Waals surface area contributed by atoms with Gasteiger partial charge in [-0.3, -0.25) is 9.48 Å². The standard InChI is InChI=1S/C21H22N8O2/c1-3-12-4-5-15-17(6-12)31-21(27-15)29-9-13(10-29)16-8-23-20(18(26-16)19(22)30)25-14-7-24-28(2)11-14/h4-8,11,13H,3,9-10H2,1-2H3,(H2,22,30)(H,23,25). The summed E-state index contributed by atoms with van der Waals surface area (Å²) in [5, 5.41) is 7.13. The maximum Gasteiger partial charge on any atom is 0.298 e. The number of nitrogens with zero attached hydrogens (tertiary/aromatic N) is 6. The Bertz CT molecular complexity index is 1270. The summed E-state index contributed by atoms with van der Waals surface area (Å²) in [5.41, 5.74) is 9.92. The van der Waals surface area contributed by atoms with E-state index < -0.39 is 5.91 Å². The highest BCUT2D eigenvalue weighted by Gasteiger charge is 2.33. The van der Waals surface area contributed by atoms with Crippen molar-refractivity contribution in [2.75, 3.05) is 23.3 Å². The first-order valence-electron chi connectivity index (χ1n) is 10.1. The Morgan fingerprint density at radius 2 is 2.13 bits per heavy atom. The van der Waals surface area contributed by atoms with E-state index in [1.165, 1.54) is 5.56 Å². The second kappa shape index (κ2) is 7.38. The normalized spacial score (nSPS) is 14.1. The van der Waals surface area contributed by atoms with Crippen molar-refractivity contribution in [1.82, 2.24) is 24.7 Å². The lowest BCUT2D eigenvalue weighted by Crippen LogP contribution is -2.45. The summed E-state index contributed by atoms with van der Waals surface area (Å²) in [6, 6.07) is 6.67. The third kappa shape index (κ3) is 3.56. The van der Waals surface area contributed by atoms with Crippen LogP contribution in [0.5, 0.6) is 0 Å². The van der Waals surface area contributed by atoms with E-state index >= 15 is 0 Å². The van der Waals surface area contributed by atoms with Crippen LogP contribution in [0.2, 0.25) is 0 Å². The van der Waals surface area contributed by atoms with Gasteiger partial charge in [-0.15, -0.1) is 0 Å². The fraction of sp³-hybridized carbons (Fsp3) is 0.286. The molecule has 1 amide bonds. The first kappa shape index (κ1) is 19.0. The molecule has 1 aromatic carbocycles. The molecule has 1 fully saturated rings. The van der Waals surface area contributed by atoms with Crippen molar-refractivity contribution in [1.29, 1.82) is 0 Å². The number of primary amides is 1. The van der Waals surface area contributed by atoms with Crippen LogP contribution < -0.4 is 16.0 Å². The zero-order valence-electron chi connectivity index (χ0n) is 17.2. The van der Waals surface area contributed by atoms with Gasteiger partial charge in [0.2, 0.25) is 0 Å². The van der Waals surface area contributed by atoms with Crippen molar-refractivity contribution in [2.45, 2.75) is 19.3 Å². The number of aryl methyl sites for hydroxylation is 2. The Morgan fingerprint density at radius 1 is 1.29 bits per heavy atom. The van der Waals surface area contributed by atoms with Gasteiger partial charge in [0, 0.05) is 32.3 Å². The number of anilines is 3. The average molecular weight is 418 g/mol. The molecule has 0 spiro atoms. The largest absolute Gasteiger partial charge is 0.423 e. The van der Waals surface area contributed by atoms with Gasteiger partial charge in [-0.1, -0.05) is 13.0 Å². The molecular weight excluding hydrogens is 396 g/mol. The predicted octanol–water partition coefficient (Wildman–Crippen LogP) is 2.36. The predicted molar refractivity (Wildman–Crippen MR) is 115 cm³/mol. The Labute approximate surface area is 178 Å². The third-order valence-corrected chi connectivity index (χ3v) is 5.41. The van der Waals surface area contributed by atoms with Crippen LogP contribution in [0.3, 0.4) is 0 Å². The third-order valence-electron chi connectivity index (χ3n) is 5.41. The fourth-order valence-corrected chi connectivity index (χ4v) is 3.62. The van der Waals surface area contributed by atoms with Gasteiger partial charge in [0.15, 0.2) is 17.1 Å². The Kier molecular flexibility index (Phi) is 4.54. The molecule has 0 saturated carbocycles. The van der Waals surface area contributed by atoms with Crippen LogP contribution in [0.4, 0.5) is 17.5 Å². The molecule has 3 N–H and O–H groups in total. The molecule has 4 aromatic rings. The smallest absolute Gasteiger partial charge is 0.298 e. The van der Waals surface area contributed by atoms with E-state index in [9.17, 15) is 4.79 Å². The Morgan fingerprint density at radius 3 is 2.84 bits per heavy atom. The molecule has 31 heavy (non-hydrogen) atoms. The molecule has 1 aliphatic heterocycles. The van der Waals surface area contributed by atoms with Gasteiger partial charge >= 0.3 is 0 Å². The molecular formula is C21H22N8O2. The molecule has 4 heterocycles. The molecule has 1 saturated heterocycles. The summed E-state index contributed by atoms with van der Waals surface area (Å²) in [7, 11) is 1.80. The number of hydrogen-bond acceptors (Lipinski definition) is 8. The van der Waals surface area contributed by atoms with Crippen molar-refractivity contribution >= 4 is 34.5 Å². The number of carbonyl (C=O) groups is 1. The van der Waals surface area contributed by atoms with Crippen molar-refractivity contribution in [3.63, 3.8) is 0 Å². The van der Waals surface area contributed by atoms with Crippen molar-refractivity contribution in [3.05, 3.63) is 53.7 Å². The monoisotopic (exact) mass is 418 g/mol. The van der Waals surface area contributed by atoms with Crippen molar-refractivity contribution in [3.8, 4) is 0 Å². The number of rotatable bonds is 6.